The molecule has 0 aromatic heterocycles. The number of halogens is 1. The van der Waals surface area contributed by atoms with E-state index in [0.29, 0.717) is 11.3 Å². The highest BCUT2D eigenvalue weighted by molar-refractivity contribution is 5.59. The number of benzene rings is 2. The van der Waals surface area contributed by atoms with Crippen LogP contribution in [0.25, 0.3) is 0 Å². The average Bonchev–Trinajstić information content (AvgIpc) is 2.54. The van der Waals surface area contributed by atoms with Crippen molar-refractivity contribution in [3.63, 3.8) is 0 Å². The molecule has 23 heavy (non-hydrogen) atoms. The van der Waals surface area contributed by atoms with Crippen LogP contribution in [0.3, 0.4) is 0 Å². The molecule has 2 rings (SSSR count). The predicted molar refractivity (Wildman–Crippen MR) is 82.3 cm³/mol. The highest BCUT2D eigenvalue weighted by Crippen LogP contribution is 2.25. The number of hydrogen-bond donors (Lipinski definition) is 2. The van der Waals surface area contributed by atoms with Crippen molar-refractivity contribution in [3.8, 4) is 6.07 Å². The van der Waals surface area contributed by atoms with Gasteiger partial charge in [-0.15, -0.1) is 0 Å². The third-order valence-electron chi connectivity index (χ3n) is 3.39. The van der Waals surface area contributed by atoms with E-state index in [9.17, 15) is 19.6 Å². The van der Waals surface area contributed by atoms with E-state index in [1.54, 1.807) is 13.0 Å². The maximum absolute atomic E-state index is 12.9. The standard InChI is InChI=1S/C16H14FN3O3/c1-10(16(21)11-2-4-13(17)5-3-11)19-14-6-7-15(20(22)23)12(8-14)9-18/h2-8,10,16,19,21H,1H3/t10-,16+/m0/s1. The second-order valence-corrected chi connectivity index (χ2v) is 5.03. The number of nitriles is 1. The summed E-state index contributed by atoms with van der Waals surface area (Å²) in [5.74, 6) is -0.393. The van der Waals surface area contributed by atoms with Gasteiger partial charge in [-0.05, 0) is 36.8 Å². The molecule has 0 fully saturated rings. The molecule has 0 aliphatic carbocycles. The van der Waals surface area contributed by atoms with Crippen molar-refractivity contribution >= 4 is 11.4 Å². The lowest BCUT2D eigenvalue weighted by Gasteiger charge is -2.21. The smallest absolute Gasteiger partial charge is 0.287 e. The molecule has 2 atom stereocenters. The van der Waals surface area contributed by atoms with E-state index >= 15 is 0 Å². The quantitative estimate of drug-likeness (QED) is 0.652. The van der Waals surface area contributed by atoms with Crippen molar-refractivity contribution in [1.29, 1.82) is 5.26 Å². The van der Waals surface area contributed by atoms with Crippen LogP contribution < -0.4 is 5.32 Å². The topological polar surface area (TPSA) is 99.2 Å². The van der Waals surface area contributed by atoms with Gasteiger partial charge in [-0.3, -0.25) is 10.1 Å². The van der Waals surface area contributed by atoms with E-state index in [4.69, 9.17) is 5.26 Å². The number of rotatable bonds is 5. The number of nitro benzene ring substituents is 1. The van der Waals surface area contributed by atoms with Gasteiger partial charge in [-0.2, -0.15) is 5.26 Å². The summed E-state index contributed by atoms with van der Waals surface area (Å²) in [6, 6.07) is 10.8. The fourth-order valence-corrected chi connectivity index (χ4v) is 2.17. The van der Waals surface area contributed by atoms with Gasteiger partial charge in [0.25, 0.3) is 5.69 Å². The third kappa shape index (κ3) is 3.81. The molecular formula is C16H14FN3O3. The molecule has 0 unspecified atom stereocenters. The summed E-state index contributed by atoms with van der Waals surface area (Å²) in [5.41, 5.74) is 0.669. The van der Waals surface area contributed by atoms with Crippen LogP contribution in [0.1, 0.15) is 24.2 Å². The van der Waals surface area contributed by atoms with Crippen LogP contribution in [0.15, 0.2) is 42.5 Å². The Morgan fingerprint density at radius 1 is 1.30 bits per heavy atom. The number of hydrogen-bond acceptors (Lipinski definition) is 5. The van der Waals surface area contributed by atoms with Crippen molar-refractivity contribution < 1.29 is 14.4 Å². The van der Waals surface area contributed by atoms with Crippen LogP contribution in [-0.4, -0.2) is 16.1 Å². The number of aliphatic hydroxyl groups is 1. The first-order chi connectivity index (χ1) is 10.9. The lowest BCUT2D eigenvalue weighted by molar-refractivity contribution is -0.385. The summed E-state index contributed by atoms with van der Waals surface area (Å²) in [4.78, 5) is 10.2. The number of nitrogens with one attached hydrogen (secondary N) is 1. The Bertz CT molecular complexity index is 756. The molecule has 118 valence electrons. The maximum atomic E-state index is 12.9. The largest absolute Gasteiger partial charge is 0.386 e. The highest BCUT2D eigenvalue weighted by Gasteiger charge is 2.18. The van der Waals surface area contributed by atoms with Crippen LogP contribution in [0.4, 0.5) is 15.8 Å². The van der Waals surface area contributed by atoms with E-state index in [1.165, 1.54) is 42.5 Å². The predicted octanol–water partition coefficient (Wildman–Crippen LogP) is 3.14. The molecule has 6 nitrogen and oxygen atoms in total. The van der Waals surface area contributed by atoms with Crippen molar-refractivity contribution in [2.24, 2.45) is 0 Å². The van der Waals surface area contributed by atoms with Gasteiger partial charge in [-0.25, -0.2) is 4.39 Å². The molecule has 2 aromatic rings. The average molecular weight is 315 g/mol. The first kappa shape index (κ1) is 16.4. The van der Waals surface area contributed by atoms with Gasteiger partial charge in [0.05, 0.1) is 17.1 Å². The van der Waals surface area contributed by atoms with Gasteiger partial charge in [0.1, 0.15) is 17.4 Å². The van der Waals surface area contributed by atoms with Gasteiger partial charge in [-0.1, -0.05) is 12.1 Å². The zero-order valence-corrected chi connectivity index (χ0v) is 12.2. The Morgan fingerprint density at radius 3 is 2.52 bits per heavy atom. The van der Waals surface area contributed by atoms with Crippen LogP contribution in [0.2, 0.25) is 0 Å². The number of nitrogens with zero attached hydrogens (tertiary/aromatic N) is 2. The number of aliphatic hydroxyl groups excluding tert-OH is 1. The second-order valence-electron chi connectivity index (χ2n) is 5.03. The first-order valence-corrected chi connectivity index (χ1v) is 6.81. The maximum Gasteiger partial charge on any atom is 0.287 e. The van der Waals surface area contributed by atoms with Crippen molar-refractivity contribution in [2.75, 3.05) is 5.32 Å². The summed E-state index contributed by atoms with van der Waals surface area (Å²) < 4.78 is 12.9. The van der Waals surface area contributed by atoms with Crippen molar-refractivity contribution in [2.45, 2.75) is 19.1 Å². The normalized spacial score (nSPS) is 13.0. The molecule has 2 aromatic carbocycles. The highest BCUT2D eigenvalue weighted by atomic mass is 19.1. The molecule has 0 bridgehead atoms. The minimum Gasteiger partial charge on any atom is -0.386 e. The molecule has 0 amide bonds. The van der Waals surface area contributed by atoms with Gasteiger partial charge in [0.2, 0.25) is 0 Å². The Morgan fingerprint density at radius 2 is 1.96 bits per heavy atom. The molecule has 0 heterocycles. The van der Waals surface area contributed by atoms with Crippen LogP contribution in [0, 0.1) is 27.3 Å². The van der Waals surface area contributed by atoms with Gasteiger partial charge in [0, 0.05) is 11.8 Å². The van der Waals surface area contributed by atoms with Gasteiger partial charge >= 0.3 is 0 Å². The molecule has 0 saturated carbocycles. The SMILES string of the molecule is C[C@H](Nc1ccc([N+](=O)[O-])c(C#N)c1)[C@@H](O)c1ccc(F)cc1. The van der Waals surface area contributed by atoms with Gasteiger partial charge < -0.3 is 10.4 Å². The summed E-state index contributed by atoms with van der Waals surface area (Å²) in [7, 11) is 0. The number of anilines is 1. The zero-order valence-electron chi connectivity index (χ0n) is 12.2. The Kier molecular flexibility index (Phi) is 4.88. The Labute approximate surface area is 132 Å². The summed E-state index contributed by atoms with van der Waals surface area (Å²) in [5, 5.41) is 33.0. The monoisotopic (exact) mass is 315 g/mol. The summed E-state index contributed by atoms with van der Waals surface area (Å²) in [6.07, 6.45) is -0.906. The second kappa shape index (κ2) is 6.85. The first-order valence-electron chi connectivity index (χ1n) is 6.81. The third-order valence-corrected chi connectivity index (χ3v) is 3.39. The van der Waals surface area contributed by atoms with Crippen LogP contribution in [0.5, 0.6) is 0 Å². The lowest BCUT2D eigenvalue weighted by atomic mass is 10.0. The van der Waals surface area contributed by atoms with Crippen LogP contribution >= 0.6 is 0 Å². The lowest BCUT2D eigenvalue weighted by Crippen LogP contribution is -2.24. The fourth-order valence-electron chi connectivity index (χ4n) is 2.17. The van der Waals surface area contributed by atoms with Crippen molar-refractivity contribution in [3.05, 3.63) is 69.5 Å². The van der Waals surface area contributed by atoms with E-state index < -0.39 is 22.9 Å². The van der Waals surface area contributed by atoms with Crippen molar-refractivity contribution in [1.82, 2.24) is 0 Å². The Balaban J connectivity index is 2.16. The Hall–Kier alpha value is -2.98. The van der Waals surface area contributed by atoms with E-state index in [0.717, 1.165) is 0 Å². The minimum absolute atomic E-state index is 0.0662. The molecule has 7 heteroatoms. The summed E-state index contributed by atoms with van der Waals surface area (Å²) in [6.45, 7) is 1.71. The molecule has 0 aliphatic rings. The zero-order chi connectivity index (χ0) is 17.0. The molecule has 0 aliphatic heterocycles. The van der Waals surface area contributed by atoms with E-state index in [-0.39, 0.29) is 11.3 Å². The molecular weight excluding hydrogens is 301 g/mol. The van der Waals surface area contributed by atoms with Gasteiger partial charge in [0.15, 0.2) is 0 Å². The van der Waals surface area contributed by atoms with E-state index in [1.807, 2.05) is 0 Å². The molecule has 0 radical (unpaired) electrons. The van der Waals surface area contributed by atoms with Crippen LogP contribution in [-0.2, 0) is 0 Å². The molecule has 0 saturated heterocycles. The fraction of sp³-hybridized carbons (Fsp3) is 0.188. The molecule has 0 spiro atoms. The molecule has 2 N–H and O–H groups in total. The summed E-state index contributed by atoms with van der Waals surface area (Å²) >= 11 is 0. The number of nitro groups is 1. The minimum atomic E-state index is -0.906. The van der Waals surface area contributed by atoms with E-state index in [2.05, 4.69) is 5.32 Å².